The lowest BCUT2D eigenvalue weighted by Gasteiger charge is -2.13. The van der Waals surface area contributed by atoms with E-state index in [1.807, 2.05) is 12.1 Å². The van der Waals surface area contributed by atoms with Gasteiger partial charge < -0.3 is 10.1 Å². The number of amides is 1. The van der Waals surface area contributed by atoms with Crippen LogP contribution in [-0.4, -0.2) is 34.9 Å². The largest absolute Gasteiger partial charge is 0.385 e. The van der Waals surface area contributed by atoms with Gasteiger partial charge in [-0.25, -0.2) is 4.98 Å². The Morgan fingerprint density at radius 1 is 1.21 bits per heavy atom. The number of halogens is 1. The van der Waals surface area contributed by atoms with Crippen LogP contribution in [0.1, 0.15) is 6.42 Å². The van der Waals surface area contributed by atoms with Gasteiger partial charge in [0, 0.05) is 31.0 Å². The quantitative estimate of drug-likeness (QED) is 0.342. The first kappa shape index (κ1) is 20.4. The van der Waals surface area contributed by atoms with Gasteiger partial charge >= 0.3 is 0 Å². The summed E-state index contributed by atoms with van der Waals surface area (Å²) >= 11 is 7.09. The Bertz CT molecular complexity index is 1020. The second-order valence-corrected chi connectivity index (χ2v) is 7.44. The average Bonchev–Trinajstić information content (AvgIpc) is 2.70. The van der Waals surface area contributed by atoms with Crippen LogP contribution < -0.4 is 10.9 Å². The molecular formula is C20H20ClN3O3S. The molecule has 28 heavy (non-hydrogen) atoms. The van der Waals surface area contributed by atoms with E-state index in [0.29, 0.717) is 46.3 Å². The lowest BCUT2D eigenvalue weighted by atomic mass is 10.2. The molecule has 3 aromatic rings. The van der Waals surface area contributed by atoms with Crippen molar-refractivity contribution in [3.63, 3.8) is 0 Å². The molecule has 3 rings (SSSR count). The monoisotopic (exact) mass is 417 g/mol. The Kier molecular flexibility index (Phi) is 7.08. The van der Waals surface area contributed by atoms with E-state index in [-0.39, 0.29) is 17.2 Å². The molecule has 0 saturated heterocycles. The molecule has 146 valence electrons. The average molecular weight is 418 g/mol. The number of rotatable bonds is 8. The zero-order valence-electron chi connectivity index (χ0n) is 15.4. The van der Waals surface area contributed by atoms with Crippen molar-refractivity contribution in [2.75, 3.05) is 24.8 Å². The second-order valence-electron chi connectivity index (χ2n) is 6.06. The third-order valence-corrected chi connectivity index (χ3v) is 5.25. The first-order chi connectivity index (χ1) is 13.6. The number of benzene rings is 2. The van der Waals surface area contributed by atoms with Gasteiger partial charge in [-0.05, 0) is 42.8 Å². The summed E-state index contributed by atoms with van der Waals surface area (Å²) in [4.78, 5) is 29.8. The van der Waals surface area contributed by atoms with Gasteiger partial charge in [0.25, 0.3) is 5.56 Å². The number of fused-ring (bicyclic) bond motifs is 1. The van der Waals surface area contributed by atoms with Gasteiger partial charge in [-0.1, -0.05) is 35.5 Å². The van der Waals surface area contributed by atoms with Crippen LogP contribution in [0.5, 0.6) is 0 Å². The van der Waals surface area contributed by atoms with Gasteiger partial charge in [0.1, 0.15) is 0 Å². The van der Waals surface area contributed by atoms with E-state index < -0.39 is 0 Å². The number of aromatic nitrogens is 2. The molecule has 0 spiro atoms. The molecule has 8 heteroatoms. The highest BCUT2D eigenvalue weighted by Crippen LogP contribution is 2.19. The molecule has 6 nitrogen and oxygen atoms in total. The number of ether oxygens (including phenoxy) is 1. The highest BCUT2D eigenvalue weighted by Gasteiger charge is 2.13. The minimum atomic E-state index is -0.182. The van der Waals surface area contributed by atoms with Crippen molar-refractivity contribution in [1.29, 1.82) is 0 Å². The molecule has 1 heterocycles. The maximum absolute atomic E-state index is 12.9. The number of para-hydroxylation sites is 1. The Morgan fingerprint density at radius 3 is 2.71 bits per heavy atom. The summed E-state index contributed by atoms with van der Waals surface area (Å²) in [5, 5.41) is 4.50. The van der Waals surface area contributed by atoms with Crippen LogP contribution in [0.4, 0.5) is 5.69 Å². The maximum Gasteiger partial charge on any atom is 0.262 e. The third-order valence-electron chi connectivity index (χ3n) is 4.02. The first-order valence-electron chi connectivity index (χ1n) is 8.75. The van der Waals surface area contributed by atoms with E-state index in [1.165, 1.54) is 11.8 Å². The highest BCUT2D eigenvalue weighted by atomic mass is 35.5. The Balaban J connectivity index is 1.78. The number of anilines is 1. The molecule has 0 atom stereocenters. The molecule has 2 aromatic carbocycles. The van der Waals surface area contributed by atoms with Gasteiger partial charge in [-0.3, -0.25) is 14.2 Å². The molecule has 0 saturated carbocycles. The molecule has 1 aromatic heterocycles. The van der Waals surface area contributed by atoms with E-state index in [0.717, 1.165) is 0 Å². The maximum atomic E-state index is 12.9. The number of methoxy groups -OCH3 is 1. The lowest BCUT2D eigenvalue weighted by molar-refractivity contribution is -0.113. The van der Waals surface area contributed by atoms with Crippen molar-refractivity contribution in [1.82, 2.24) is 9.55 Å². The highest BCUT2D eigenvalue weighted by molar-refractivity contribution is 7.99. The summed E-state index contributed by atoms with van der Waals surface area (Å²) in [6.07, 6.45) is 0.682. The zero-order valence-corrected chi connectivity index (χ0v) is 16.9. The molecule has 0 aliphatic heterocycles. The molecular weight excluding hydrogens is 398 g/mol. The van der Waals surface area contributed by atoms with Gasteiger partial charge in [-0.15, -0.1) is 0 Å². The SMILES string of the molecule is COCCCn1c(SCC(=O)Nc2ccc(Cl)cc2)nc2ccccc2c1=O. The van der Waals surface area contributed by atoms with Crippen molar-refractivity contribution in [3.8, 4) is 0 Å². The van der Waals surface area contributed by atoms with E-state index in [9.17, 15) is 9.59 Å². The number of carbonyl (C=O) groups excluding carboxylic acids is 1. The van der Waals surface area contributed by atoms with Gasteiger partial charge in [0.2, 0.25) is 5.91 Å². The topological polar surface area (TPSA) is 73.2 Å². The van der Waals surface area contributed by atoms with Crippen molar-refractivity contribution in [2.24, 2.45) is 0 Å². The summed E-state index contributed by atoms with van der Waals surface area (Å²) in [6.45, 7) is 1.02. The van der Waals surface area contributed by atoms with Crippen molar-refractivity contribution >= 4 is 45.9 Å². The summed E-state index contributed by atoms with van der Waals surface area (Å²) in [5.41, 5.74) is 1.18. The molecule has 0 fully saturated rings. The number of hydrogen-bond acceptors (Lipinski definition) is 5. The minimum Gasteiger partial charge on any atom is -0.385 e. The van der Waals surface area contributed by atoms with Crippen LogP contribution in [0.25, 0.3) is 10.9 Å². The summed E-state index contributed by atoms with van der Waals surface area (Å²) in [7, 11) is 1.62. The standard InChI is InChI=1S/C20H20ClN3O3S/c1-27-12-4-11-24-19(26)16-5-2-3-6-17(16)23-20(24)28-13-18(25)22-15-9-7-14(21)8-10-15/h2-3,5-10H,4,11-13H2,1H3,(H,22,25). The molecule has 0 radical (unpaired) electrons. The van der Waals surface area contributed by atoms with Crippen LogP contribution in [-0.2, 0) is 16.1 Å². The fraction of sp³-hybridized carbons (Fsp3) is 0.250. The fourth-order valence-corrected chi connectivity index (χ4v) is 3.63. The second kappa shape index (κ2) is 9.73. The summed E-state index contributed by atoms with van der Waals surface area (Å²) in [5.74, 6) is -0.0457. The van der Waals surface area contributed by atoms with Crippen molar-refractivity contribution in [3.05, 3.63) is 63.9 Å². The lowest BCUT2D eigenvalue weighted by Crippen LogP contribution is -2.25. The minimum absolute atomic E-state index is 0.109. The van der Waals surface area contributed by atoms with Crippen LogP contribution in [0.2, 0.25) is 5.02 Å². The Hall–Kier alpha value is -2.35. The first-order valence-corrected chi connectivity index (χ1v) is 10.1. The van der Waals surface area contributed by atoms with Crippen LogP contribution in [0.3, 0.4) is 0 Å². The van der Waals surface area contributed by atoms with Crippen LogP contribution >= 0.6 is 23.4 Å². The summed E-state index contributed by atoms with van der Waals surface area (Å²) in [6, 6.07) is 14.1. The smallest absolute Gasteiger partial charge is 0.262 e. The normalized spacial score (nSPS) is 10.9. The van der Waals surface area contributed by atoms with Crippen molar-refractivity contribution in [2.45, 2.75) is 18.1 Å². The predicted molar refractivity (Wildman–Crippen MR) is 113 cm³/mol. The summed E-state index contributed by atoms with van der Waals surface area (Å²) < 4.78 is 6.70. The van der Waals surface area contributed by atoms with E-state index in [4.69, 9.17) is 16.3 Å². The van der Waals surface area contributed by atoms with E-state index in [2.05, 4.69) is 10.3 Å². The Morgan fingerprint density at radius 2 is 1.96 bits per heavy atom. The number of thioether (sulfide) groups is 1. The van der Waals surface area contributed by atoms with E-state index >= 15 is 0 Å². The third kappa shape index (κ3) is 5.13. The molecule has 1 amide bonds. The number of nitrogens with zero attached hydrogens (tertiary/aromatic N) is 2. The number of nitrogens with one attached hydrogen (secondary N) is 1. The molecule has 1 N–H and O–H groups in total. The van der Waals surface area contributed by atoms with Crippen LogP contribution in [0, 0.1) is 0 Å². The van der Waals surface area contributed by atoms with Gasteiger partial charge in [-0.2, -0.15) is 0 Å². The number of carbonyl (C=O) groups is 1. The molecule has 0 unspecified atom stereocenters. The zero-order chi connectivity index (χ0) is 19.9. The van der Waals surface area contributed by atoms with Gasteiger partial charge in [0.05, 0.1) is 16.7 Å². The molecule has 0 bridgehead atoms. The predicted octanol–water partition coefficient (Wildman–Crippen LogP) is 3.82. The fourth-order valence-electron chi connectivity index (χ4n) is 2.68. The molecule has 0 aliphatic carbocycles. The van der Waals surface area contributed by atoms with Gasteiger partial charge in [0.15, 0.2) is 5.16 Å². The van der Waals surface area contributed by atoms with E-state index in [1.54, 1.807) is 48.1 Å². The Labute approximate surface area is 171 Å². The van der Waals surface area contributed by atoms with Crippen molar-refractivity contribution < 1.29 is 9.53 Å². The number of hydrogen-bond donors (Lipinski definition) is 1. The molecule has 0 aliphatic rings. The van der Waals surface area contributed by atoms with Crippen LogP contribution in [0.15, 0.2) is 58.5 Å².